The van der Waals surface area contributed by atoms with Gasteiger partial charge in [-0.2, -0.15) is 0 Å². The van der Waals surface area contributed by atoms with Crippen molar-refractivity contribution in [2.75, 3.05) is 20.4 Å². The zero-order valence-corrected chi connectivity index (χ0v) is 14.9. The highest BCUT2D eigenvalue weighted by Gasteiger charge is 2.25. The topological polar surface area (TPSA) is 76.7 Å². The first kappa shape index (κ1) is 20.2. The summed E-state index contributed by atoms with van der Waals surface area (Å²) in [5.41, 5.74) is -0.562. The van der Waals surface area contributed by atoms with E-state index in [4.69, 9.17) is 21.1 Å². The predicted octanol–water partition coefficient (Wildman–Crippen LogP) is 2.81. The van der Waals surface area contributed by atoms with Crippen molar-refractivity contribution >= 4 is 23.6 Å². The van der Waals surface area contributed by atoms with Crippen LogP contribution in [0.15, 0.2) is 18.2 Å². The monoisotopic (exact) mass is 360 g/mol. The van der Waals surface area contributed by atoms with Crippen molar-refractivity contribution in [3.8, 4) is 0 Å². The minimum absolute atomic E-state index is 0.0308. The smallest absolute Gasteiger partial charge is 0.407 e. The Bertz CT molecular complexity index is 590. The lowest BCUT2D eigenvalue weighted by Gasteiger charge is -2.22. The van der Waals surface area contributed by atoms with E-state index in [0.29, 0.717) is 0 Å². The van der Waals surface area contributed by atoms with Gasteiger partial charge in [0.25, 0.3) is 0 Å². The van der Waals surface area contributed by atoms with Gasteiger partial charge in [-0.3, -0.25) is 4.79 Å². The zero-order chi connectivity index (χ0) is 18.3. The molecular weight excluding hydrogens is 339 g/mol. The Hall–Kier alpha value is -1.86. The molecule has 1 atom stereocenters. The van der Waals surface area contributed by atoms with E-state index in [2.05, 4.69) is 10.6 Å². The van der Waals surface area contributed by atoms with Crippen LogP contribution < -0.4 is 10.6 Å². The van der Waals surface area contributed by atoms with Gasteiger partial charge in [0, 0.05) is 24.2 Å². The number of hydrogen-bond acceptors (Lipinski definition) is 4. The fourth-order valence-electron chi connectivity index (χ4n) is 1.89. The van der Waals surface area contributed by atoms with Gasteiger partial charge in [0.2, 0.25) is 5.91 Å². The Balaban J connectivity index is 2.89. The van der Waals surface area contributed by atoms with Gasteiger partial charge in [-0.05, 0) is 32.9 Å². The summed E-state index contributed by atoms with van der Waals surface area (Å²) in [7, 11) is 1.41. The third kappa shape index (κ3) is 6.72. The standard InChI is InChI=1S/C16H22ClFN2O4/c1-16(2,3)24-15(22)19-8-12(14(21)20-9-23-4)11-6-5-10(17)7-13(11)18/h5-7,12H,8-9H2,1-4H3,(H,19,22)(H,20,21). The number of nitrogens with one attached hydrogen (secondary N) is 2. The molecule has 0 saturated heterocycles. The number of carbonyl (C=O) groups is 2. The van der Waals surface area contributed by atoms with Gasteiger partial charge in [0.1, 0.15) is 18.1 Å². The molecule has 1 rings (SSSR count). The van der Waals surface area contributed by atoms with Crippen LogP contribution in [0.2, 0.25) is 5.02 Å². The van der Waals surface area contributed by atoms with Crippen molar-refractivity contribution < 1.29 is 23.5 Å². The molecule has 0 radical (unpaired) electrons. The minimum atomic E-state index is -0.954. The fourth-order valence-corrected chi connectivity index (χ4v) is 2.05. The van der Waals surface area contributed by atoms with E-state index in [1.54, 1.807) is 20.8 Å². The van der Waals surface area contributed by atoms with E-state index in [-0.39, 0.29) is 23.9 Å². The van der Waals surface area contributed by atoms with Crippen LogP contribution in [0.3, 0.4) is 0 Å². The number of methoxy groups -OCH3 is 1. The molecule has 1 aromatic rings. The first-order valence-corrected chi connectivity index (χ1v) is 7.70. The van der Waals surface area contributed by atoms with E-state index in [1.165, 1.54) is 19.2 Å². The first-order valence-electron chi connectivity index (χ1n) is 7.32. The van der Waals surface area contributed by atoms with Crippen molar-refractivity contribution in [1.29, 1.82) is 0 Å². The third-order valence-corrected chi connectivity index (χ3v) is 3.13. The van der Waals surface area contributed by atoms with E-state index < -0.39 is 29.3 Å². The lowest BCUT2D eigenvalue weighted by Crippen LogP contribution is -2.40. The van der Waals surface area contributed by atoms with Crippen LogP contribution in [0.25, 0.3) is 0 Å². The van der Waals surface area contributed by atoms with Crippen molar-refractivity contribution in [2.45, 2.75) is 32.3 Å². The van der Waals surface area contributed by atoms with E-state index in [1.807, 2.05) is 0 Å². The molecule has 1 aromatic carbocycles. The molecule has 0 spiro atoms. The van der Waals surface area contributed by atoms with Crippen LogP contribution in [0, 0.1) is 5.82 Å². The second kappa shape index (κ2) is 8.84. The maximum Gasteiger partial charge on any atom is 0.407 e. The Morgan fingerprint density at radius 3 is 2.50 bits per heavy atom. The molecule has 1 unspecified atom stereocenters. The van der Waals surface area contributed by atoms with Gasteiger partial charge in [0.15, 0.2) is 0 Å². The number of amides is 2. The fraction of sp³-hybridized carbons (Fsp3) is 0.500. The molecule has 0 aliphatic rings. The SMILES string of the molecule is COCNC(=O)C(CNC(=O)OC(C)(C)C)c1ccc(Cl)cc1F. The largest absolute Gasteiger partial charge is 0.444 e. The summed E-state index contributed by atoms with van der Waals surface area (Å²) in [6.07, 6.45) is -0.693. The maximum atomic E-state index is 14.1. The van der Waals surface area contributed by atoms with Crippen molar-refractivity contribution in [1.82, 2.24) is 10.6 Å². The van der Waals surface area contributed by atoms with E-state index >= 15 is 0 Å². The number of benzene rings is 1. The summed E-state index contributed by atoms with van der Waals surface area (Å²) < 4.78 is 24.0. The number of halogens is 2. The molecular formula is C16H22ClFN2O4. The van der Waals surface area contributed by atoms with Crippen LogP contribution in [-0.2, 0) is 14.3 Å². The Morgan fingerprint density at radius 2 is 1.96 bits per heavy atom. The van der Waals surface area contributed by atoms with Gasteiger partial charge in [0.05, 0.1) is 5.92 Å². The quantitative estimate of drug-likeness (QED) is 0.765. The van der Waals surface area contributed by atoms with E-state index in [0.717, 1.165) is 6.07 Å². The van der Waals surface area contributed by atoms with Gasteiger partial charge >= 0.3 is 6.09 Å². The molecule has 0 bridgehead atoms. The molecule has 0 fully saturated rings. The molecule has 24 heavy (non-hydrogen) atoms. The molecule has 134 valence electrons. The second-order valence-electron chi connectivity index (χ2n) is 6.08. The Morgan fingerprint density at radius 1 is 1.29 bits per heavy atom. The normalized spacial score (nSPS) is 12.4. The number of rotatable bonds is 6. The molecule has 0 saturated carbocycles. The maximum absolute atomic E-state index is 14.1. The number of hydrogen-bond donors (Lipinski definition) is 2. The predicted molar refractivity (Wildman–Crippen MR) is 88.4 cm³/mol. The van der Waals surface area contributed by atoms with Gasteiger partial charge < -0.3 is 20.1 Å². The lowest BCUT2D eigenvalue weighted by molar-refractivity contribution is -0.124. The second-order valence-corrected chi connectivity index (χ2v) is 6.51. The van der Waals surface area contributed by atoms with E-state index in [9.17, 15) is 14.0 Å². The average Bonchev–Trinajstić information content (AvgIpc) is 2.45. The molecule has 6 nitrogen and oxygen atoms in total. The van der Waals surface area contributed by atoms with Crippen LogP contribution in [0.4, 0.5) is 9.18 Å². The Kier molecular flexibility index (Phi) is 7.44. The summed E-state index contributed by atoms with van der Waals surface area (Å²) in [4.78, 5) is 24.0. The van der Waals surface area contributed by atoms with Crippen molar-refractivity contribution in [3.05, 3.63) is 34.6 Å². The van der Waals surface area contributed by atoms with Crippen molar-refractivity contribution in [2.24, 2.45) is 0 Å². The molecule has 0 aliphatic carbocycles. The molecule has 2 N–H and O–H groups in total. The molecule has 8 heteroatoms. The third-order valence-electron chi connectivity index (χ3n) is 2.89. The van der Waals surface area contributed by atoms with Gasteiger partial charge in [-0.25, -0.2) is 9.18 Å². The van der Waals surface area contributed by atoms with Crippen LogP contribution in [0.5, 0.6) is 0 Å². The lowest BCUT2D eigenvalue weighted by atomic mass is 9.97. The highest BCUT2D eigenvalue weighted by atomic mass is 35.5. The Labute approximate surface area is 145 Å². The summed E-state index contributed by atoms with van der Waals surface area (Å²) in [5, 5.41) is 5.18. The van der Waals surface area contributed by atoms with Gasteiger partial charge in [-0.1, -0.05) is 17.7 Å². The highest BCUT2D eigenvalue weighted by Crippen LogP contribution is 2.22. The van der Waals surface area contributed by atoms with Crippen LogP contribution >= 0.6 is 11.6 Å². The van der Waals surface area contributed by atoms with Crippen molar-refractivity contribution in [3.63, 3.8) is 0 Å². The van der Waals surface area contributed by atoms with Crippen LogP contribution in [-0.4, -0.2) is 38.0 Å². The van der Waals surface area contributed by atoms with Gasteiger partial charge in [-0.15, -0.1) is 0 Å². The summed E-state index contributed by atoms with van der Waals surface area (Å²) in [6.45, 7) is 4.98. The summed E-state index contributed by atoms with van der Waals surface area (Å²) in [6, 6.07) is 4.00. The molecule has 0 aliphatic heterocycles. The zero-order valence-electron chi connectivity index (χ0n) is 14.1. The summed E-state index contributed by atoms with van der Waals surface area (Å²) >= 11 is 5.73. The highest BCUT2D eigenvalue weighted by molar-refractivity contribution is 6.30. The molecule has 0 aromatic heterocycles. The number of carbonyl (C=O) groups excluding carboxylic acids is 2. The molecule has 2 amide bonds. The minimum Gasteiger partial charge on any atom is -0.444 e. The number of ether oxygens (including phenoxy) is 2. The summed E-state index contributed by atoms with van der Waals surface area (Å²) in [5.74, 6) is -2.08. The first-order chi connectivity index (χ1) is 11.1. The average molecular weight is 361 g/mol. The number of alkyl carbamates (subject to hydrolysis) is 1. The van der Waals surface area contributed by atoms with Crippen LogP contribution in [0.1, 0.15) is 32.3 Å². The molecule has 0 heterocycles.